The fraction of sp³-hybridized carbons (Fsp3) is 0.934. The Hall–Kier alpha value is -1.94. The normalized spacial score (nSPS) is 14.4. The van der Waals surface area contributed by atoms with E-state index in [9.17, 15) is 43.2 Å². The van der Waals surface area contributed by atoms with Gasteiger partial charge in [-0.3, -0.25) is 37.3 Å². The van der Waals surface area contributed by atoms with Crippen LogP contribution in [0.3, 0.4) is 0 Å². The molecule has 0 amide bonds. The lowest BCUT2D eigenvalue weighted by Gasteiger charge is -2.21. The number of carbonyl (C=O) groups excluding carboxylic acids is 4. The molecule has 0 bridgehead atoms. The summed E-state index contributed by atoms with van der Waals surface area (Å²) in [5, 5.41) is 10.5. The van der Waals surface area contributed by atoms with Gasteiger partial charge in [0.05, 0.1) is 26.4 Å². The molecule has 19 heteroatoms. The summed E-state index contributed by atoms with van der Waals surface area (Å²) in [5.74, 6) is -0.778. The number of unbranched alkanes of at least 4 members (excludes halogenated alkanes) is 30. The SMILES string of the molecule is CCCCCCCCCCCCCCCCCCC(=O)O[C@H](COC(=O)CCCCCCCCCC(C)C)COP(=O)(O)OC[C@@H](O)COP(=O)(O)OC[C@@H](COC(=O)CCCCCCC)OC(=O)CCCCCCCCC(C)C. The first-order chi connectivity index (χ1) is 38.4. The molecular formula is C61H118O17P2. The molecule has 0 rings (SSSR count). The molecule has 17 nitrogen and oxygen atoms in total. The molecule has 5 atom stereocenters. The molecule has 0 aliphatic heterocycles. The Labute approximate surface area is 486 Å². The molecule has 0 aromatic heterocycles. The van der Waals surface area contributed by atoms with Crippen LogP contribution in [-0.2, 0) is 65.4 Å². The molecule has 80 heavy (non-hydrogen) atoms. The Morgan fingerprint density at radius 3 is 0.850 bits per heavy atom. The molecule has 0 aromatic carbocycles. The molecule has 0 saturated carbocycles. The lowest BCUT2D eigenvalue weighted by Crippen LogP contribution is -2.30. The third-order valence-corrected chi connectivity index (χ3v) is 15.9. The largest absolute Gasteiger partial charge is 0.472 e. The third-order valence-electron chi connectivity index (χ3n) is 14.0. The second-order valence-corrected chi connectivity index (χ2v) is 25.9. The van der Waals surface area contributed by atoms with Crippen molar-refractivity contribution in [1.29, 1.82) is 0 Å². The van der Waals surface area contributed by atoms with Crippen molar-refractivity contribution < 1.29 is 80.2 Å². The predicted octanol–water partition coefficient (Wildman–Crippen LogP) is 16.5. The highest BCUT2D eigenvalue weighted by Gasteiger charge is 2.30. The highest BCUT2D eigenvalue weighted by molar-refractivity contribution is 7.47. The summed E-state index contributed by atoms with van der Waals surface area (Å²) < 4.78 is 67.6. The Morgan fingerprint density at radius 2 is 0.575 bits per heavy atom. The maximum Gasteiger partial charge on any atom is 0.472 e. The van der Waals surface area contributed by atoms with Crippen LogP contribution in [0, 0.1) is 11.8 Å². The number of carbonyl (C=O) groups is 4. The monoisotopic (exact) mass is 1180 g/mol. The van der Waals surface area contributed by atoms with E-state index in [0.29, 0.717) is 37.5 Å². The summed E-state index contributed by atoms with van der Waals surface area (Å²) >= 11 is 0. The van der Waals surface area contributed by atoms with Crippen molar-refractivity contribution in [3.63, 3.8) is 0 Å². The van der Waals surface area contributed by atoms with Gasteiger partial charge in [0.25, 0.3) is 0 Å². The van der Waals surface area contributed by atoms with Crippen molar-refractivity contribution in [3.8, 4) is 0 Å². The van der Waals surface area contributed by atoms with Gasteiger partial charge in [0.1, 0.15) is 19.3 Å². The molecule has 0 radical (unpaired) electrons. The van der Waals surface area contributed by atoms with Gasteiger partial charge < -0.3 is 33.8 Å². The maximum atomic E-state index is 12.9. The van der Waals surface area contributed by atoms with Gasteiger partial charge in [0.15, 0.2) is 12.2 Å². The van der Waals surface area contributed by atoms with Gasteiger partial charge in [-0.1, -0.05) is 247 Å². The summed E-state index contributed by atoms with van der Waals surface area (Å²) in [6.45, 7) is 9.23. The first kappa shape index (κ1) is 78.1. The van der Waals surface area contributed by atoms with E-state index in [2.05, 4.69) is 41.5 Å². The predicted molar refractivity (Wildman–Crippen MR) is 317 cm³/mol. The minimum atomic E-state index is -4.94. The van der Waals surface area contributed by atoms with Crippen molar-refractivity contribution >= 4 is 39.5 Å². The smallest absolute Gasteiger partial charge is 0.462 e. The number of esters is 4. The van der Waals surface area contributed by atoms with E-state index >= 15 is 0 Å². The maximum absolute atomic E-state index is 12.9. The van der Waals surface area contributed by atoms with Crippen LogP contribution in [0.1, 0.15) is 298 Å². The topological polar surface area (TPSA) is 237 Å². The molecule has 0 aliphatic carbocycles. The number of aliphatic hydroxyl groups excluding tert-OH is 1. The fourth-order valence-corrected chi connectivity index (χ4v) is 10.6. The van der Waals surface area contributed by atoms with Gasteiger partial charge in [-0.2, -0.15) is 0 Å². The minimum Gasteiger partial charge on any atom is -0.462 e. The summed E-state index contributed by atoms with van der Waals surface area (Å²) in [4.78, 5) is 71.8. The van der Waals surface area contributed by atoms with Crippen LogP contribution in [0.4, 0.5) is 0 Å². The van der Waals surface area contributed by atoms with Crippen LogP contribution >= 0.6 is 15.6 Å². The van der Waals surface area contributed by atoms with Crippen molar-refractivity contribution in [2.75, 3.05) is 39.6 Å². The summed E-state index contributed by atoms with van der Waals surface area (Å²) in [7, 11) is -9.87. The number of phosphoric ester groups is 2. The van der Waals surface area contributed by atoms with Gasteiger partial charge in [-0.05, 0) is 37.5 Å². The van der Waals surface area contributed by atoms with Crippen LogP contribution in [-0.4, -0.2) is 96.7 Å². The number of hydrogen-bond acceptors (Lipinski definition) is 15. The van der Waals surface area contributed by atoms with E-state index in [1.165, 1.54) is 103 Å². The number of phosphoric acid groups is 2. The van der Waals surface area contributed by atoms with Crippen molar-refractivity contribution in [2.24, 2.45) is 11.8 Å². The summed E-state index contributed by atoms with van der Waals surface area (Å²) in [6.07, 6.45) is 35.5. The van der Waals surface area contributed by atoms with Gasteiger partial charge in [0, 0.05) is 25.7 Å². The Kier molecular flexibility index (Phi) is 52.5. The zero-order valence-electron chi connectivity index (χ0n) is 51.4. The second-order valence-electron chi connectivity index (χ2n) is 23.0. The first-order valence-corrected chi connectivity index (χ1v) is 35.0. The van der Waals surface area contributed by atoms with E-state index in [4.69, 9.17) is 37.0 Å². The van der Waals surface area contributed by atoms with Crippen molar-refractivity contribution in [3.05, 3.63) is 0 Å². The van der Waals surface area contributed by atoms with Gasteiger partial charge in [-0.15, -0.1) is 0 Å². The standard InChI is InChI=1S/C61H118O17P2/c1-7-9-11-13-14-15-16-17-18-19-20-21-22-25-33-39-45-60(65)77-57(50-72-59(64)44-38-32-26-23-24-30-35-41-53(3)4)52-76-80(69,70)74-48-55(62)47-73-79(67,68)75-51-56(49-71-58(63)43-37-29-12-10-8-2)78-61(66)46-40-34-28-27-31-36-42-54(5)6/h53-57,62H,7-52H2,1-6H3,(H,67,68)(H,69,70)/t55-,56+,57+/m0/s1. The summed E-state index contributed by atoms with van der Waals surface area (Å²) in [5.41, 5.74) is 0. The zero-order valence-corrected chi connectivity index (χ0v) is 53.2. The summed E-state index contributed by atoms with van der Waals surface area (Å²) in [6, 6.07) is 0. The van der Waals surface area contributed by atoms with Gasteiger partial charge in [0.2, 0.25) is 0 Å². The van der Waals surface area contributed by atoms with E-state index in [1.807, 2.05) is 0 Å². The van der Waals surface area contributed by atoms with Crippen LogP contribution in [0.25, 0.3) is 0 Å². The fourth-order valence-electron chi connectivity index (χ4n) is 9.00. The quantitative estimate of drug-likeness (QED) is 0.0222. The number of rotatable bonds is 60. The lowest BCUT2D eigenvalue weighted by atomic mass is 10.0. The lowest BCUT2D eigenvalue weighted by molar-refractivity contribution is -0.161. The van der Waals surface area contributed by atoms with Gasteiger partial charge in [-0.25, -0.2) is 9.13 Å². The number of ether oxygens (including phenoxy) is 4. The van der Waals surface area contributed by atoms with Gasteiger partial charge >= 0.3 is 39.5 Å². The zero-order chi connectivity index (χ0) is 59.4. The molecule has 0 aromatic rings. The molecule has 2 unspecified atom stereocenters. The Morgan fingerprint density at radius 1 is 0.338 bits per heavy atom. The third kappa shape index (κ3) is 55.3. The van der Waals surface area contributed by atoms with E-state index in [0.717, 1.165) is 103 Å². The Bertz CT molecular complexity index is 1580. The average molecular weight is 1190 g/mol. The molecule has 0 aliphatic rings. The molecule has 0 fully saturated rings. The second kappa shape index (κ2) is 53.8. The number of hydrogen-bond donors (Lipinski definition) is 3. The Balaban J connectivity index is 5.16. The van der Waals surface area contributed by atoms with Crippen LogP contribution in [0.5, 0.6) is 0 Å². The highest BCUT2D eigenvalue weighted by atomic mass is 31.2. The van der Waals surface area contributed by atoms with E-state index in [-0.39, 0.29) is 25.7 Å². The van der Waals surface area contributed by atoms with E-state index in [1.54, 1.807) is 0 Å². The first-order valence-electron chi connectivity index (χ1n) is 32.0. The van der Waals surface area contributed by atoms with Crippen LogP contribution in [0.15, 0.2) is 0 Å². The van der Waals surface area contributed by atoms with E-state index < -0.39 is 97.5 Å². The van der Waals surface area contributed by atoms with Crippen LogP contribution in [0.2, 0.25) is 0 Å². The number of aliphatic hydroxyl groups is 1. The molecule has 3 N–H and O–H groups in total. The minimum absolute atomic E-state index is 0.101. The molecule has 0 spiro atoms. The highest BCUT2D eigenvalue weighted by Crippen LogP contribution is 2.45. The average Bonchev–Trinajstić information content (AvgIpc) is 3.41. The van der Waals surface area contributed by atoms with Crippen molar-refractivity contribution in [1.82, 2.24) is 0 Å². The molecular weight excluding hydrogens is 1070 g/mol. The van der Waals surface area contributed by atoms with Crippen LogP contribution < -0.4 is 0 Å². The molecule has 0 heterocycles. The molecule has 474 valence electrons. The van der Waals surface area contributed by atoms with Crippen molar-refractivity contribution in [2.45, 2.75) is 317 Å². The molecule has 0 saturated heterocycles.